The maximum Gasteiger partial charge on any atom is 0.400 e. The molecule has 0 heterocycles. The standard InChI is InChI=1S/C16H25F2O6PS/c1-12(2)23-25(19,24-13(3)4)16(17,18)10-11-22-26(20,21)15-8-6-14(5)7-9-15/h6-9,12-13H,10-11H2,1-5H3. The molecule has 1 aromatic rings. The molecule has 0 fully saturated rings. The van der Waals surface area contributed by atoms with Gasteiger partial charge in [0, 0.05) is 6.42 Å². The van der Waals surface area contributed by atoms with Gasteiger partial charge in [-0.3, -0.25) is 8.75 Å². The molecule has 26 heavy (non-hydrogen) atoms. The predicted octanol–water partition coefficient (Wildman–Crippen LogP) is 4.73. The van der Waals surface area contributed by atoms with E-state index in [4.69, 9.17) is 9.05 Å². The Hall–Kier alpha value is -0.860. The minimum Gasteiger partial charge on any atom is -0.302 e. The SMILES string of the molecule is Cc1ccc(S(=O)(=O)OCCC(F)(F)P(=O)(OC(C)C)OC(C)C)cc1. The van der Waals surface area contributed by atoms with Crippen molar-refractivity contribution in [2.24, 2.45) is 0 Å². The van der Waals surface area contributed by atoms with Crippen LogP contribution >= 0.6 is 7.60 Å². The van der Waals surface area contributed by atoms with E-state index < -0.39 is 48.6 Å². The Morgan fingerprint density at radius 2 is 1.50 bits per heavy atom. The third-order valence-corrected chi connectivity index (χ3v) is 6.80. The van der Waals surface area contributed by atoms with Crippen molar-refractivity contribution >= 4 is 17.7 Å². The van der Waals surface area contributed by atoms with Crippen molar-refractivity contribution in [2.75, 3.05) is 6.61 Å². The quantitative estimate of drug-likeness (QED) is 0.407. The summed E-state index contributed by atoms with van der Waals surface area (Å²) in [7, 11) is -9.00. The summed E-state index contributed by atoms with van der Waals surface area (Å²) in [5.74, 6) is 0. The van der Waals surface area contributed by atoms with Crippen LogP contribution in [0.2, 0.25) is 0 Å². The molecule has 0 N–H and O–H groups in total. The summed E-state index contributed by atoms with van der Waals surface area (Å²) in [6.45, 7) is 6.71. The second kappa shape index (κ2) is 8.89. The summed E-state index contributed by atoms with van der Waals surface area (Å²) in [6, 6.07) is 5.76. The molecule has 0 bridgehead atoms. The molecule has 0 saturated heterocycles. The fourth-order valence-electron chi connectivity index (χ4n) is 1.92. The van der Waals surface area contributed by atoms with Gasteiger partial charge in [-0.25, -0.2) is 0 Å². The normalized spacial score (nSPS) is 13.6. The average Bonchev–Trinajstić information content (AvgIpc) is 2.45. The van der Waals surface area contributed by atoms with Crippen molar-refractivity contribution in [3.63, 3.8) is 0 Å². The largest absolute Gasteiger partial charge is 0.400 e. The van der Waals surface area contributed by atoms with Crippen molar-refractivity contribution in [1.82, 2.24) is 0 Å². The van der Waals surface area contributed by atoms with E-state index in [1.165, 1.54) is 39.8 Å². The number of aryl methyl sites for hydroxylation is 1. The van der Waals surface area contributed by atoms with Gasteiger partial charge in [0.15, 0.2) is 0 Å². The first-order chi connectivity index (χ1) is 11.8. The van der Waals surface area contributed by atoms with Crippen molar-refractivity contribution in [2.45, 2.75) is 63.8 Å². The molecule has 0 aromatic heterocycles. The minimum atomic E-state index is -4.80. The molecule has 0 aliphatic rings. The van der Waals surface area contributed by atoms with Crippen LogP contribution in [0.3, 0.4) is 0 Å². The van der Waals surface area contributed by atoms with Crippen molar-refractivity contribution < 1.29 is 35.0 Å². The Labute approximate surface area is 153 Å². The molecule has 0 atom stereocenters. The Balaban J connectivity index is 2.85. The lowest BCUT2D eigenvalue weighted by Gasteiger charge is -2.29. The maximum absolute atomic E-state index is 14.4. The first-order valence-electron chi connectivity index (χ1n) is 8.10. The molecule has 0 amide bonds. The molecule has 1 rings (SSSR count). The summed E-state index contributed by atoms with van der Waals surface area (Å²) in [5, 5.41) is 0. The second-order valence-corrected chi connectivity index (χ2v) is 10.00. The van der Waals surface area contributed by atoms with E-state index in [1.54, 1.807) is 19.1 Å². The summed E-state index contributed by atoms with van der Waals surface area (Å²) in [6.07, 6.45) is -2.65. The van der Waals surface area contributed by atoms with Crippen LogP contribution in [-0.2, 0) is 27.9 Å². The third-order valence-electron chi connectivity index (χ3n) is 3.05. The predicted molar refractivity (Wildman–Crippen MR) is 93.9 cm³/mol. The van der Waals surface area contributed by atoms with Gasteiger partial charge in [-0.15, -0.1) is 0 Å². The molecular formula is C16H25F2O6PS. The van der Waals surface area contributed by atoms with E-state index in [0.29, 0.717) is 0 Å². The lowest BCUT2D eigenvalue weighted by molar-refractivity contribution is 0.00598. The summed E-state index contributed by atoms with van der Waals surface area (Å²) < 4.78 is 79.9. The molecule has 1 aromatic carbocycles. The summed E-state index contributed by atoms with van der Waals surface area (Å²) in [4.78, 5) is -0.147. The molecule has 0 radical (unpaired) electrons. The van der Waals surface area contributed by atoms with Gasteiger partial charge in [0.25, 0.3) is 10.1 Å². The Kier molecular flexibility index (Phi) is 7.92. The number of hydrogen-bond acceptors (Lipinski definition) is 6. The molecule has 0 aliphatic carbocycles. The van der Waals surface area contributed by atoms with Gasteiger partial charge in [0.2, 0.25) is 0 Å². The molecule has 10 heteroatoms. The lowest BCUT2D eigenvalue weighted by atomic mass is 10.2. The Morgan fingerprint density at radius 3 is 1.92 bits per heavy atom. The number of benzene rings is 1. The van der Waals surface area contributed by atoms with Crippen LogP contribution in [0.25, 0.3) is 0 Å². The highest BCUT2D eigenvalue weighted by Gasteiger charge is 2.54. The molecule has 6 nitrogen and oxygen atoms in total. The number of rotatable bonds is 10. The van der Waals surface area contributed by atoms with Crippen LogP contribution in [-0.4, -0.2) is 32.9 Å². The average molecular weight is 414 g/mol. The van der Waals surface area contributed by atoms with Gasteiger partial charge in [0.05, 0.1) is 23.7 Å². The zero-order valence-corrected chi connectivity index (χ0v) is 17.2. The fourth-order valence-corrected chi connectivity index (χ4v) is 4.66. The van der Waals surface area contributed by atoms with Gasteiger partial charge in [-0.05, 0) is 46.8 Å². The number of alkyl halides is 2. The minimum absolute atomic E-state index is 0.147. The van der Waals surface area contributed by atoms with E-state index >= 15 is 0 Å². The van der Waals surface area contributed by atoms with E-state index in [2.05, 4.69) is 4.18 Å². The summed E-state index contributed by atoms with van der Waals surface area (Å²) >= 11 is 0. The van der Waals surface area contributed by atoms with Crippen molar-refractivity contribution in [3.05, 3.63) is 29.8 Å². The monoisotopic (exact) mass is 414 g/mol. The first-order valence-corrected chi connectivity index (χ1v) is 11.0. The highest BCUT2D eigenvalue weighted by Crippen LogP contribution is 2.64. The zero-order chi connectivity index (χ0) is 20.2. The van der Waals surface area contributed by atoms with E-state index in [9.17, 15) is 21.8 Å². The Morgan fingerprint density at radius 1 is 1.04 bits per heavy atom. The van der Waals surface area contributed by atoms with E-state index in [0.717, 1.165) is 5.56 Å². The molecule has 0 saturated carbocycles. The maximum atomic E-state index is 14.4. The molecule has 0 unspecified atom stereocenters. The fraction of sp³-hybridized carbons (Fsp3) is 0.625. The number of halogens is 2. The van der Waals surface area contributed by atoms with Crippen LogP contribution in [0.15, 0.2) is 29.2 Å². The molecule has 0 spiro atoms. The lowest BCUT2D eigenvalue weighted by Crippen LogP contribution is -2.26. The third kappa shape index (κ3) is 6.39. The molecule has 150 valence electrons. The number of hydrogen-bond donors (Lipinski definition) is 0. The Bertz CT molecular complexity index is 718. The van der Waals surface area contributed by atoms with Gasteiger partial charge in [0.1, 0.15) is 0 Å². The molecular weight excluding hydrogens is 389 g/mol. The molecule has 0 aliphatic heterocycles. The van der Waals surface area contributed by atoms with Crippen LogP contribution in [0.1, 0.15) is 39.7 Å². The summed E-state index contributed by atoms with van der Waals surface area (Å²) in [5.41, 5.74) is -3.06. The second-order valence-electron chi connectivity index (χ2n) is 6.31. The first kappa shape index (κ1) is 23.2. The van der Waals surface area contributed by atoms with Crippen molar-refractivity contribution in [3.8, 4) is 0 Å². The van der Waals surface area contributed by atoms with E-state index in [1.807, 2.05) is 0 Å². The smallest absolute Gasteiger partial charge is 0.302 e. The zero-order valence-electron chi connectivity index (χ0n) is 15.4. The van der Waals surface area contributed by atoms with Crippen LogP contribution < -0.4 is 0 Å². The van der Waals surface area contributed by atoms with Gasteiger partial charge in [-0.2, -0.15) is 17.2 Å². The van der Waals surface area contributed by atoms with Crippen LogP contribution in [0.5, 0.6) is 0 Å². The van der Waals surface area contributed by atoms with Gasteiger partial charge < -0.3 is 9.05 Å². The van der Waals surface area contributed by atoms with E-state index in [-0.39, 0.29) is 4.90 Å². The van der Waals surface area contributed by atoms with Gasteiger partial charge >= 0.3 is 13.3 Å². The highest BCUT2D eigenvalue weighted by atomic mass is 32.2. The topological polar surface area (TPSA) is 78.9 Å². The van der Waals surface area contributed by atoms with Crippen molar-refractivity contribution in [1.29, 1.82) is 0 Å². The van der Waals surface area contributed by atoms with Crippen LogP contribution in [0.4, 0.5) is 8.78 Å². The van der Waals surface area contributed by atoms with Crippen LogP contribution in [0, 0.1) is 6.92 Å². The highest BCUT2D eigenvalue weighted by molar-refractivity contribution is 7.86. The van der Waals surface area contributed by atoms with Gasteiger partial charge in [-0.1, -0.05) is 17.7 Å².